The van der Waals surface area contributed by atoms with Gasteiger partial charge in [0, 0.05) is 21.8 Å². The van der Waals surface area contributed by atoms with E-state index in [1.807, 2.05) is 34.6 Å². The molecule has 1 aromatic rings. The molecule has 0 aliphatic rings. The van der Waals surface area contributed by atoms with Crippen molar-refractivity contribution in [2.45, 2.75) is 66.0 Å². The van der Waals surface area contributed by atoms with Gasteiger partial charge in [0.25, 0.3) is 7.52 Å². The summed E-state index contributed by atoms with van der Waals surface area (Å²) in [5.74, 6) is -0.344. The average Bonchev–Trinajstić information content (AvgIpc) is 2.87. The predicted molar refractivity (Wildman–Crippen MR) is 150 cm³/mol. The van der Waals surface area contributed by atoms with Crippen molar-refractivity contribution >= 4 is 36.4 Å². The Morgan fingerprint density at radius 3 is 1.81 bits per heavy atom. The first-order valence-electron chi connectivity index (χ1n) is 12.4. The zero-order chi connectivity index (χ0) is 28.3. The molecule has 0 aliphatic carbocycles. The first-order chi connectivity index (χ1) is 17.5. The third-order valence-electron chi connectivity index (χ3n) is 4.69. The van der Waals surface area contributed by atoms with Crippen molar-refractivity contribution in [1.82, 2.24) is 10.2 Å². The van der Waals surface area contributed by atoms with Gasteiger partial charge in [-0.3, -0.25) is 18.7 Å². The lowest BCUT2D eigenvalue weighted by molar-refractivity contribution is -0.145. The molecule has 0 radical (unpaired) electrons. The number of unbranched alkanes of at least 4 members (excludes halogenated alkanes) is 1. The number of para-hydroxylation sites is 1. The van der Waals surface area contributed by atoms with Crippen molar-refractivity contribution in [3.63, 3.8) is 0 Å². The van der Waals surface area contributed by atoms with Gasteiger partial charge in [-0.25, -0.2) is 10.2 Å². The van der Waals surface area contributed by atoms with Gasteiger partial charge >= 0.3 is 19.5 Å². The van der Waals surface area contributed by atoms with Gasteiger partial charge in [0.1, 0.15) is 17.8 Å². The van der Waals surface area contributed by atoms with Crippen molar-refractivity contribution in [1.29, 1.82) is 0 Å². The Kier molecular flexibility index (Phi) is 19.0. The molecule has 0 heterocycles. The Bertz CT molecular complexity index is 876. The zero-order valence-corrected chi connectivity index (χ0v) is 25.5. The van der Waals surface area contributed by atoms with Crippen LogP contribution < -0.4 is 20.4 Å². The number of hydrogen-bond donors (Lipinski definition) is 3. The predicted octanol–water partition coefficient (Wildman–Crippen LogP) is 4.48. The summed E-state index contributed by atoms with van der Waals surface area (Å²) in [6.07, 6.45) is 2.89. The third-order valence-corrected chi connectivity index (χ3v) is 9.93. The lowest BCUT2D eigenvalue weighted by Gasteiger charge is -2.23. The van der Waals surface area contributed by atoms with Gasteiger partial charge in [0.15, 0.2) is 0 Å². The number of benzene rings is 1. The zero-order valence-electron chi connectivity index (χ0n) is 22.5. The molecule has 5 atom stereocenters. The van der Waals surface area contributed by atoms with Crippen LogP contribution in [0.4, 0.5) is 0 Å². The number of nitrogens with two attached hydrogens (primary N) is 1. The highest BCUT2D eigenvalue weighted by Crippen LogP contribution is 2.46. The minimum absolute atomic E-state index is 0.288. The summed E-state index contributed by atoms with van der Waals surface area (Å²) in [7, 11) is -4.21. The van der Waals surface area contributed by atoms with Gasteiger partial charge in [0.05, 0.1) is 13.2 Å². The van der Waals surface area contributed by atoms with Crippen LogP contribution in [-0.2, 0) is 32.5 Å². The summed E-state index contributed by atoms with van der Waals surface area (Å²) in [5, 5.41) is 5.46. The van der Waals surface area contributed by atoms with Gasteiger partial charge in [0.2, 0.25) is 0 Å². The number of hydrogen-bond acceptors (Lipinski definition) is 9. The quantitative estimate of drug-likeness (QED) is 0.176. The van der Waals surface area contributed by atoms with E-state index in [9.17, 15) is 18.7 Å². The molecule has 0 aliphatic heterocycles. The standard InChI is InChI=1S/C15H24NO4P.C8H20N2O4P2/c1-4-6-12-21(18,16-13(3)15(17)19-5-2)20-14-10-8-7-9-11-14;1-3-13-8(11)7(2)10-16(12,14-15)6-4-5-9/h7-11,13H,4-6,12H2,1-3H3,(H,16,18);7H,3-6,9,15H2,1-2H3,(H,10,12)/t13-,21?;7-,16?/m11/s1. The van der Waals surface area contributed by atoms with E-state index in [0.29, 0.717) is 38.1 Å². The van der Waals surface area contributed by atoms with Gasteiger partial charge in [-0.1, -0.05) is 31.5 Å². The lowest BCUT2D eigenvalue weighted by atomic mass is 10.3. The van der Waals surface area contributed by atoms with Crippen molar-refractivity contribution in [2.24, 2.45) is 5.73 Å². The average molecular weight is 584 g/mol. The summed E-state index contributed by atoms with van der Waals surface area (Å²) in [5.41, 5.74) is 5.33. The largest absolute Gasteiger partial charge is 0.465 e. The molecule has 0 bridgehead atoms. The van der Waals surface area contributed by atoms with Gasteiger partial charge < -0.3 is 24.0 Å². The van der Waals surface area contributed by atoms with Gasteiger partial charge in [-0.15, -0.1) is 0 Å². The van der Waals surface area contributed by atoms with Crippen LogP contribution >= 0.6 is 24.5 Å². The fraction of sp³-hybridized carbons (Fsp3) is 0.652. The highest BCUT2D eigenvalue weighted by molar-refractivity contribution is 7.60. The van der Waals surface area contributed by atoms with Crippen LogP contribution in [0, 0.1) is 0 Å². The molecule has 14 heteroatoms. The van der Waals surface area contributed by atoms with Crippen molar-refractivity contribution in [3.8, 4) is 5.75 Å². The monoisotopic (exact) mass is 583 g/mol. The van der Waals surface area contributed by atoms with E-state index in [4.69, 9.17) is 24.0 Å². The first-order valence-corrected chi connectivity index (χ1v) is 16.5. The van der Waals surface area contributed by atoms with Crippen LogP contribution in [0.2, 0.25) is 0 Å². The minimum atomic E-state index is -3.14. The van der Waals surface area contributed by atoms with Crippen LogP contribution in [0.1, 0.15) is 53.9 Å². The van der Waals surface area contributed by atoms with Gasteiger partial charge in [-0.05, 0) is 59.2 Å². The van der Waals surface area contributed by atoms with E-state index in [0.717, 1.165) is 12.8 Å². The molecular formula is C23H44N3O8P3. The smallest absolute Gasteiger partial charge is 0.323 e. The summed E-state index contributed by atoms with van der Waals surface area (Å²) in [4.78, 5) is 23.0. The molecule has 0 aromatic heterocycles. The normalized spacial score (nSPS) is 15.6. The van der Waals surface area contributed by atoms with Crippen LogP contribution in [0.3, 0.4) is 0 Å². The number of carbonyl (C=O) groups is 2. The molecule has 4 N–H and O–H groups in total. The van der Waals surface area contributed by atoms with E-state index >= 15 is 0 Å². The Labute approximate surface area is 223 Å². The van der Waals surface area contributed by atoms with E-state index in [1.165, 1.54) is 0 Å². The van der Waals surface area contributed by atoms with Crippen LogP contribution in [0.25, 0.3) is 0 Å². The number of rotatable bonds is 17. The number of ether oxygens (including phenoxy) is 2. The molecule has 3 unspecified atom stereocenters. The Hall–Kier alpha value is -1.31. The van der Waals surface area contributed by atoms with E-state index in [1.54, 1.807) is 39.8 Å². The molecule has 0 fully saturated rings. The fourth-order valence-corrected chi connectivity index (χ4v) is 7.08. The molecule has 0 saturated heterocycles. The maximum atomic E-state index is 12.9. The maximum absolute atomic E-state index is 12.9. The SMILES string of the molecule is CCCCP(=O)(N[C@H](C)C(=O)OCC)Oc1ccccc1.CCOC(=O)[C@@H](C)NP(=O)(CCCN)OP. The van der Waals surface area contributed by atoms with Crippen LogP contribution in [0.5, 0.6) is 5.75 Å². The number of nitrogens with one attached hydrogen (secondary N) is 2. The van der Waals surface area contributed by atoms with E-state index in [2.05, 4.69) is 10.2 Å². The molecule has 1 aromatic carbocycles. The number of esters is 2. The summed E-state index contributed by atoms with van der Waals surface area (Å²) >= 11 is 0. The second kappa shape index (κ2) is 19.7. The minimum Gasteiger partial charge on any atom is -0.465 e. The topological polar surface area (TPSA) is 155 Å². The third kappa shape index (κ3) is 15.6. The van der Waals surface area contributed by atoms with Crippen LogP contribution in [0.15, 0.2) is 30.3 Å². The van der Waals surface area contributed by atoms with E-state index < -0.39 is 39.1 Å². The highest BCUT2D eigenvalue weighted by Gasteiger charge is 2.30. The molecule has 37 heavy (non-hydrogen) atoms. The molecule has 214 valence electrons. The fourth-order valence-electron chi connectivity index (χ4n) is 2.83. The maximum Gasteiger partial charge on any atom is 0.323 e. The van der Waals surface area contributed by atoms with Crippen molar-refractivity contribution in [2.75, 3.05) is 32.1 Å². The number of carbonyl (C=O) groups excluding carboxylic acids is 2. The second-order valence-corrected chi connectivity index (χ2v) is 13.1. The summed E-state index contributed by atoms with van der Waals surface area (Å²) in [6, 6.07) is 7.64. The Morgan fingerprint density at radius 2 is 1.38 bits per heavy atom. The molecule has 1 rings (SSSR count). The molecule has 0 amide bonds. The van der Waals surface area contributed by atoms with Crippen molar-refractivity contribution < 1.29 is 37.0 Å². The Morgan fingerprint density at radius 1 is 0.892 bits per heavy atom. The molecule has 0 spiro atoms. The molecule has 0 saturated carbocycles. The van der Waals surface area contributed by atoms with E-state index in [-0.39, 0.29) is 6.16 Å². The summed E-state index contributed by atoms with van der Waals surface area (Å²) < 4.78 is 45.2. The Balaban J connectivity index is 0.000000730. The van der Waals surface area contributed by atoms with Crippen LogP contribution in [-0.4, -0.2) is 56.1 Å². The second-order valence-electron chi connectivity index (χ2n) is 8.01. The highest BCUT2D eigenvalue weighted by atomic mass is 31.2. The van der Waals surface area contributed by atoms with Gasteiger partial charge in [-0.2, -0.15) is 0 Å². The lowest BCUT2D eigenvalue weighted by Crippen LogP contribution is -2.35. The molecule has 11 nitrogen and oxygen atoms in total. The first kappa shape index (κ1) is 35.7. The van der Waals surface area contributed by atoms with Crippen molar-refractivity contribution in [3.05, 3.63) is 30.3 Å². The summed E-state index contributed by atoms with van der Waals surface area (Å²) in [6.45, 7) is 9.69. The molecular weight excluding hydrogens is 539 g/mol.